The molecule has 0 atom stereocenters. The molecular formula is C35H34O8. The second-order valence-corrected chi connectivity index (χ2v) is 10.5. The first-order chi connectivity index (χ1) is 20.6. The smallest absolute Gasteiger partial charge is 0.343 e. The normalized spacial score (nSPS) is 13.0. The van der Waals surface area contributed by atoms with Gasteiger partial charge < -0.3 is 18.9 Å². The number of esters is 4. The lowest BCUT2D eigenvalue weighted by Gasteiger charge is -2.21. The van der Waals surface area contributed by atoms with Gasteiger partial charge in [0.05, 0.1) is 12.0 Å². The van der Waals surface area contributed by atoms with Crippen molar-refractivity contribution < 1.29 is 38.1 Å². The van der Waals surface area contributed by atoms with Crippen molar-refractivity contribution in [3.05, 3.63) is 102 Å². The van der Waals surface area contributed by atoms with Crippen molar-refractivity contribution in [2.45, 2.75) is 58.5 Å². The molecule has 0 unspecified atom stereocenters. The highest BCUT2D eigenvalue weighted by molar-refractivity contribution is 5.94. The average Bonchev–Trinajstić information content (AvgIpc) is 2.98. The van der Waals surface area contributed by atoms with E-state index in [2.05, 4.69) is 13.2 Å². The van der Waals surface area contributed by atoms with Crippen molar-refractivity contribution in [3.8, 4) is 28.4 Å². The third kappa shape index (κ3) is 8.75. The molecule has 1 saturated carbocycles. The van der Waals surface area contributed by atoms with Gasteiger partial charge in [0.25, 0.3) is 0 Å². The van der Waals surface area contributed by atoms with Gasteiger partial charge >= 0.3 is 23.9 Å². The molecule has 0 heterocycles. The molecule has 8 nitrogen and oxygen atoms in total. The minimum atomic E-state index is -0.679. The minimum Gasteiger partial charge on any atom is -0.462 e. The zero-order chi connectivity index (χ0) is 30.9. The first-order valence-electron chi connectivity index (χ1n) is 14.1. The molecule has 3 aromatic rings. The molecule has 0 saturated heterocycles. The van der Waals surface area contributed by atoms with Crippen LogP contribution < -0.4 is 14.2 Å². The van der Waals surface area contributed by atoms with Crippen LogP contribution in [-0.2, 0) is 19.1 Å². The standard InChI is InChI=1S/C35H34O8/c1-22(2)33(37)41-28-16-12-26(13-17-28)35(39)42-29-14-10-25(11-15-29)31-19-18-30(20-23(31)3)43-34(38)24(4)21-32(36)40-27-8-6-5-7-9-27/h10-20,27H,1,4-9,21H2,2-3H3. The van der Waals surface area contributed by atoms with Crippen LogP contribution in [0.5, 0.6) is 17.2 Å². The van der Waals surface area contributed by atoms with Gasteiger partial charge in [0.15, 0.2) is 0 Å². The van der Waals surface area contributed by atoms with Crippen LogP contribution in [0.15, 0.2) is 91.0 Å². The lowest BCUT2D eigenvalue weighted by atomic mass is 9.98. The molecule has 222 valence electrons. The summed E-state index contributed by atoms with van der Waals surface area (Å²) in [6.07, 6.45) is 4.66. The van der Waals surface area contributed by atoms with Crippen molar-refractivity contribution in [2.75, 3.05) is 0 Å². The van der Waals surface area contributed by atoms with E-state index in [0.717, 1.165) is 48.8 Å². The van der Waals surface area contributed by atoms with Gasteiger partial charge in [-0.05, 0) is 105 Å². The fourth-order valence-electron chi connectivity index (χ4n) is 4.58. The van der Waals surface area contributed by atoms with E-state index in [0.29, 0.717) is 22.8 Å². The van der Waals surface area contributed by atoms with Crippen molar-refractivity contribution >= 4 is 23.9 Å². The molecule has 3 aromatic carbocycles. The van der Waals surface area contributed by atoms with E-state index in [1.165, 1.54) is 24.3 Å². The monoisotopic (exact) mass is 582 g/mol. The lowest BCUT2D eigenvalue weighted by molar-refractivity contribution is -0.150. The summed E-state index contributed by atoms with van der Waals surface area (Å²) in [7, 11) is 0. The number of carbonyl (C=O) groups excluding carboxylic acids is 4. The molecule has 4 rings (SSSR count). The van der Waals surface area contributed by atoms with Gasteiger partial charge in [-0.15, -0.1) is 0 Å². The molecule has 1 aliphatic carbocycles. The Kier molecular flexibility index (Phi) is 10.3. The van der Waals surface area contributed by atoms with Gasteiger partial charge in [0.1, 0.15) is 23.4 Å². The summed E-state index contributed by atoms with van der Waals surface area (Å²) in [5, 5.41) is 0. The van der Waals surface area contributed by atoms with Crippen molar-refractivity contribution in [2.24, 2.45) is 0 Å². The number of hydrogen-bond acceptors (Lipinski definition) is 8. The molecule has 0 aliphatic heterocycles. The molecule has 1 fully saturated rings. The Bertz CT molecular complexity index is 1530. The van der Waals surface area contributed by atoms with E-state index in [1.807, 2.05) is 25.1 Å². The SMILES string of the molecule is C=C(C)C(=O)Oc1ccc(C(=O)Oc2ccc(-c3ccc(OC(=O)C(=C)CC(=O)OC4CCCCC4)cc3C)cc2)cc1. The number of carbonyl (C=O) groups is 4. The molecule has 43 heavy (non-hydrogen) atoms. The second-order valence-electron chi connectivity index (χ2n) is 10.5. The van der Waals surface area contributed by atoms with E-state index < -0.39 is 23.9 Å². The zero-order valence-corrected chi connectivity index (χ0v) is 24.4. The quantitative estimate of drug-likeness (QED) is 0.142. The van der Waals surface area contributed by atoms with Crippen molar-refractivity contribution in [1.82, 2.24) is 0 Å². The highest BCUT2D eigenvalue weighted by Gasteiger charge is 2.21. The van der Waals surface area contributed by atoms with Gasteiger partial charge in [-0.1, -0.05) is 37.8 Å². The maximum Gasteiger partial charge on any atom is 0.343 e. The summed E-state index contributed by atoms with van der Waals surface area (Å²) in [5.41, 5.74) is 3.22. The van der Waals surface area contributed by atoms with Crippen molar-refractivity contribution in [1.29, 1.82) is 0 Å². The largest absolute Gasteiger partial charge is 0.462 e. The van der Waals surface area contributed by atoms with Crippen LogP contribution in [0.4, 0.5) is 0 Å². The summed E-state index contributed by atoms with van der Waals surface area (Å²) >= 11 is 0. The van der Waals surface area contributed by atoms with Crippen LogP contribution in [0.25, 0.3) is 11.1 Å². The van der Waals surface area contributed by atoms with E-state index in [-0.39, 0.29) is 23.7 Å². The van der Waals surface area contributed by atoms with Gasteiger partial charge in [-0.3, -0.25) is 4.79 Å². The maximum absolute atomic E-state index is 12.6. The summed E-state index contributed by atoms with van der Waals surface area (Å²) in [4.78, 5) is 49.0. The topological polar surface area (TPSA) is 105 Å². The Morgan fingerprint density at radius 2 is 1.33 bits per heavy atom. The third-order valence-corrected chi connectivity index (χ3v) is 6.93. The molecule has 1 aliphatic rings. The highest BCUT2D eigenvalue weighted by Crippen LogP contribution is 2.29. The number of aryl methyl sites for hydroxylation is 1. The minimum absolute atomic E-state index is 0.0369. The number of benzene rings is 3. The molecule has 0 N–H and O–H groups in total. The fourth-order valence-corrected chi connectivity index (χ4v) is 4.58. The number of rotatable bonds is 10. The van der Waals surface area contributed by atoms with E-state index in [1.54, 1.807) is 31.2 Å². The predicted molar refractivity (Wildman–Crippen MR) is 161 cm³/mol. The molecular weight excluding hydrogens is 548 g/mol. The third-order valence-electron chi connectivity index (χ3n) is 6.93. The number of ether oxygens (including phenoxy) is 4. The van der Waals surface area contributed by atoms with Crippen LogP contribution >= 0.6 is 0 Å². The van der Waals surface area contributed by atoms with Gasteiger partial charge in [-0.2, -0.15) is 0 Å². The number of hydrogen-bond donors (Lipinski definition) is 0. The molecule has 0 amide bonds. The molecule has 0 bridgehead atoms. The van der Waals surface area contributed by atoms with Gasteiger partial charge in [0.2, 0.25) is 0 Å². The summed E-state index contributed by atoms with van der Waals surface area (Å²) < 4.78 is 21.5. The first-order valence-corrected chi connectivity index (χ1v) is 14.1. The predicted octanol–water partition coefficient (Wildman–Crippen LogP) is 7.09. The summed E-state index contributed by atoms with van der Waals surface area (Å²) in [5.74, 6) is -1.26. The maximum atomic E-state index is 12.6. The zero-order valence-electron chi connectivity index (χ0n) is 24.4. The molecule has 8 heteroatoms. The van der Waals surface area contributed by atoms with Crippen LogP contribution in [0.1, 0.15) is 61.4 Å². The van der Waals surface area contributed by atoms with Crippen molar-refractivity contribution in [3.63, 3.8) is 0 Å². The summed E-state index contributed by atoms with van der Waals surface area (Å²) in [6, 6.07) is 18.2. The van der Waals surface area contributed by atoms with E-state index >= 15 is 0 Å². The lowest BCUT2D eigenvalue weighted by Crippen LogP contribution is -2.22. The van der Waals surface area contributed by atoms with Gasteiger partial charge in [0, 0.05) is 11.1 Å². The molecule has 0 radical (unpaired) electrons. The average molecular weight is 583 g/mol. The highest BCUT2D eigenvalue weighted by atomic mass is 16.6. The Morgan fingerprint density at radius 3 is 1.95 bits per heavy atom. The first kappa shape index (κ1) is 31.0. The van der Waals surface area contributed by atoms with Crippen LogP contribution in [-0.4, -0.2) is 30.0 Å². The fraction of sp³-hybridized carbons (Fsp3) is 0.257. The Morgan fingerprint density at radius 1 is 0.744 bits per heavy atom. The van der Waals surface area contributed by atoms with Crippen LogP contribution in [0.3, 0.4) is 0 Å². The van der Waals surface area contributed by atoms with Gasteiger partial charge in [-0.25, -0.2) is 14.4 Å². The van der Waals surface area contributed by atoms with Crippen LogP contribution in [0, 0.1) is 6.92 Å². The summed E-state index contributed by atoms with van der Waals surface area (Å²) in [6.45, 7) is 10.7. The van der Waals surface area contributed by atoms with E-state index in [9.17, 15) is 19.2 Å². The Hall–Kier alpha value is -4.98. The van der Waals surface area contributed by atoms with E-state index in [4.69, 9.17) is 18.9 Å². The Labute approximate surface area is 250 Å². The van der Waals surface area contributed by atoms with Crippen LogP contribution in [0.2, 0.25) is 0 Å². The Balaban J connectivity index is 1.30. The molecule has 0 aromatic heterocycles. The molecule has 0 spiro atoms. The second kappa shape index (κ2) is 14.3.